The first-order chi connectivity index (χ1) is 7.38. The molecular formula is C10H7F3O3. The lowest BCUT2D eigenvalue weighted by Gasteiger charge is -2.10. The molecule has 3 nitrogen and oxygen atoms in total. The zero-order valence-corrected chi connectivity index (χ0v) is 7.86. The van der Waals surface area contributed by atoms with Crippen molar-refractivity contribution in [1.82, 2.24) is 0 Å². The molecule has 1 aromatic carbocycles. The van der Waals surface area contributed by atoms with E-state index in [0.29, 0.717) is 0 Å². The highest BCUT2D eigenvalue weighted by Crippen LogP contribution is 2.26. The molecule has 0 fully saturated rings. The number of para-hydroxylation sites is 1. The Morgan fingerprint density at radius 2 is 1.94 bits per heavy atom. The second-order valence-corrected chi connectivity index (χ2v) is 2.76. The van der Waals surface area contributed by atoms with Gasteiger partial charge in [0.15, 0.2) is 0 Å². The summed E-state index contributed by atoms with van der Waals surface area (Å²) in [6, 6.07) is 5.26. The van der Waals surface area contributed by atoms with Crippen LogP contribution in [0.4, 0.5) is 13.2 Å². The van der Waals surface area contributed by atoms with E-state index in [1.54, 1.807) is 0 Å². The Morgan fingerprint density at radius 3 is 2.50 bits per heavy atom. The molecule has 0 saturated carbocycles. The number of alkyl halides is 3. The SMILES string of the molecule is O=C(O)C=Cc1ccccc1OC(F)(F)F. The van der Waals surface area contributed by atoms with Gasteiger partial charge < -0.3 is 9.84 Å². The van der Waals surface area contributed by atoms with Gasteiger partial charge in [-0.15, -0.1) is 13.2 Å². The minimum Gasteiger partial charge on any atom is -0.478 e. The van der Waals surface area contributed by atoms with Gasteiger partial charge in [-0.25, -0.2) is 4.79 Å². The molecule has 0 saturated heterocycles. The van der Waals surface area contributed by atoms with Crippen molar-refractivity contribution in [3.05, 3.63) is 35.9 Å². The van der Waals surface area contributed by atoms with Gasteiger partial charge in [0.2, 0.25) is 0 Å². The molecule has 6 heteroatoms. The number of hydrogen-bond donors (Lipinski definition) is 1. The zero-order chi connectivity index (χ0) is 12.2. The molecule has 0 aliphatic heterocycles. The monoisotopic (exact) mass is 232 g/mol. The maximum Gasteiger partial charge on any atom is 0.573 e. The van der Waals surface area contributed by atoms with Crippen molar-refractivity contribution < 1.29 is 27.8 Å². The summed E-state index contributed by atoms with van der Waals surface area (Å²) >= 11 is 0. The highest BCUT2D eigenvalue weighted by atomic mass is 19.4. The number of carbonyl (C=O) groups is 1. The molecule has 0 spiro atoms. The molecule has 16 heavy (non-hydrogen) atoms. The fourth-order valence-electron chi connectivity index (χ4n) is 0.997. The van der Waals surface area contributed by atoms with Crippen molar-refractivity contribution in [1.29, 1.82) is 0 Å². The van der Waals surface area contributed by atoms with Crippen LogP contribution in [0.25, 0.3) is 6.08 Å². The summed E-state index contributed by atoms with van der Waals surface area (Å²) in [6.07, 6.45) is -3.03. The Labute approximate surface area is 88.8 Å². The zero-order valence-electron chi connectivity index (χ0n) is 7.86. The summed E-state index contributed by atoms with van der Waals surface area (Å²) in [5.41, 5.74) is 0.0437. The highest BCUT2D eigenvalue weighted by Gasteiger charge is 2.31. The van der Waals surface area contributed by atoms with Gasteiger partial charge in [-0.05, 0) is 12.1 Å². The molecule has 86 valence electrons. The first kappa shape index (κ1) is 12.1. The van der Waals surface area contributed by atoms with E-state index in [4.69, 9.17) is 5.11 Å². The van der Waals surface area contributed by atoms with Crippen LogP contribution in [0, 0.1) is 0 Å². The second-order valence-electron chi connectivity index (χ2n) is 2.76. The third-order valence-electron chi connectivity index (χ3n) is 1.55. The van der Waals surface area contributed by atoms with Gasteiger partial charge in [-0.2, -0.15) is 0 Å². The Balaban J connectivity index is 2.96. The maximum absolute atomic E-state index is 12.0. The first-order valence-electron chi connectivity index (χ1n) is 4.14. The van der Waals surface area contributed by atoms with E-state index in [1.165, 1.54) is 18.2 Å². The first-order valence-corrected chi connectivity index (χ1v) is 4.14. The number of hydrogen-bond acceptors (Lipinski definition) is 2. The topological polar surface area (TPSA) is 46.5 Å². The molecule has 0 amide bonds. The Bertz CT molecular complexity index is 410. The van der Waals surface area contributed by atoms with E-state index in [1.807, 2.05) is 0 Å². The Hall–Kier alpha value is -1.98. The van der Waals surface area contributed by atoms with Crippen molar-refractivity contribution in [2.75, 3.05) is 0 Å². The van der Waals surface area contributed by atoms with Gasteiger partial charge in [0.05, 0.1) is 0 Å². The van der Waals surface area contributed by atoms with Gasteiger partial charge in [0.25, 0.3) is 0 Å². The molecule has 0 aromatic heterocycles. The van der Waals surface area contributed by atoms with Crippen LogP contribution in [-0.4, -0.2) is 17.4 Å². The lowest BCUT2D eigenvalue weighted by molar-refractivity contribution is -0.274. The Kier molecular flexibility index (Phi) is 3.55. The third kappa shape index (κ3) is 4.04. The van der Waals surface area contributed by atoms with Gasteiger partial charge in [0.1, 0.15) is 5.75 Å². The van der Waals surface area contributed by atoms with E-state index in [-0.39, 0.29) is 5.56 Å². The van der Waals surface area contributed by atoms with E-state index in [2.05, 4.69) is 4.74 Å². The van der Waals surface area contributed by atoms with Crippen molar-refractivity contribution in [3.8, 4) is 5.75 Å². The molecule has 0 aliphatic rings. The van der Waals surface area contributed by atoms with Crippen LogP contribution in [0.2, 0.25) is 0 Å². The molecule has 0 aliphatic carbocycles. The molecule has 1 N–H and O–H groups in total. The van der Waals surface area contributed by atoms with Crippen LogP contribution in [0.1, 0.15) is 5.56 Å². The summed E-state index contributed by atoms with van der Waals surface area (Å²) in [5, 5.41) is 8.35. The fraction of sp³-hybridized carbons (Fsp3) is 0.100. The summed E-state index contributed by atoms with van der Waals surface area (Å²) in [6.45, 7) is 0. The van der Waals surface area contributed by atoms with Crippen LogP contribution in [0.5, 0.6) is 5.75 Å². The predicted molar refractivity (Wildman–Crippen MR) is 49.8 cm³/mol. The van der Waals surface area contributed by atoms with Gasteiger partial charge in [-0.3, -0.25) is 0 Å². The molecule has 0 heterocycles. The summed E-state index contributed by atoms with van der Waals surface area (Å²) in [5.74, 6) is -1.69. The molecule has 1 rings (SSSR count). The van der Waals surface area contributed by atoms with E-state index >= 15 is 0 Å². The smallest absolute Gasteiger partial charge is 0.478 e. The van der Waals surface area contributed by atoms with Crippen LogP contribution in [0.15, 0.2) is 30.3 Å². The Morgan fingerprint density at radius 1 is 1.31 bits per heavy atom. The minimum atomic E-state index is -4.80. The number of halogens is 3. The van der Waals surface area contributed by atoms with Crippen LogP contribution >= 0.6 is 0 Å². The minimum absolute atomic E-state index is 0.0437. The molecular weight excluding hydrogens is 225 g/mol. The van der Waals surface area contributed by atoms with Gasteiger partial charge in [0, 0.05) is 11.6 Å². The molecule has 0 atom stereocenters. The summed E-state index contributed by atoms with van der Waals surface area (Å²) in [7, 11) is 0. The van der Waals surface area contributed by atoms with Crippen LogP contribution in [-0.2, 0) is 4.79 Å². The standard InChI is InChI=1S/C10H7F3O3/c11-10(12,13)16-8-4-2-1-3-7(8)5-6-9(14)15/h1-6H,(H,14,15). The molecule has 0 bridgehead atoms. The second kappa shape index (κ2) is 4.69. The highest BCUT2D eigenvalue weighted by molar-refractivity contribution is 5.85. The predicted octanol–water partition coefficient (Wildman–Crippen LogP) is 2.68. The van der Waals surface area contributed by atoms with E-state index in [0.717, 1.165) is 18.2 Å². The van der Waals surface area contributed by atoms with Crippen molar-refractivity contribution in [3.63, 3.8) is 0 Å². The number of carboxylic acids is 1. The van der Waals surface area contributed by atoms with E-state index in [9.17, 15) is 18.0 Å². The summed E-state index contributed by atoms with van der Waals surface area (Å²) in [4.78, 5) is 10.2. The lowest BCUT2D eigenvalue weighted by atomic mass is 10.2. The fourth-order valence-corrected chi connectivity index (χ4v) is 0.997. The van der Waals surface area contributed by atoms with Crippen LogP contribution < -0.4 is 4.74 Å². The van der Waals surface area contributed by atoms with Gasteiger partial charge in [-0.1, -0.05) is 18.2 Å². The number of aliphatic carboxylic acids is 1. The maximum atomic E-state index is 12.0. The number of carboxylic acid groups (broad SMARTS) is 1. The molecule has 0 radical (unpaired) electrons. The average Bonchev–Trinajstić information content (AvgIpc) is 2.14. The van der Waals surface area contributed by atoms with Crippen molar-refractivity contribution in [2.45, 2.75) is 6.36 Å². The quantitative estimate of drug-likeness (QED) is 0.815. The third-order valence-corrected chi connectivity index (χ3v) is 1.55. The largest absolute Gasteiger partial charge is 0.573 e. The average molecular weight is 232 g/mol. The van der Waals surface area contributed by atoms with Crippen LogP contribution in [0.3, 0.4) is 0 Å². The van der Waals surface area contributed by atoms with Crippen molar-refractivity contribution >= 4 is 12.0 Å². The molecule has 0 unspecified atom stereocenters. The number of benzene rings is 1. The van der Waals surface area contributed by atoms with E-state index < -0.39 is 18.1 Å². The van der Waals surface area contributed by atoms with Gasteiger partial charge >= 0.3 is 12.3 Å². The van der Waals surface area contributed by atoms with Crippen molar-refractivity contribution in [2.24, 2.45) is 0 Å². The normalized spacial score (nSPS) is 11.7. The summed E-state index contributed by atoms with van der Waals surface area (Å²) < 4.78 is 39.6. The molecule has 1 aromatic rings. The lowest BCUT2D eigenvalue weighted by Crippen LogP contribution is -2.17. The number of ether oxygens (including phenoxy) is 1. The number of rotatable bonds is 3.